The highest BCUT2D eigenvalue weighted by atomic mass is 79.9. The number of hydrogen-bond donors (Lipinski definition) is 0. The van der Waals surface area contributed by atoms with Crippen molar-refractivity contribution < 1.29 is 9.53 Å². The first-order valence-electron chi connectivity index (χ1n) is 6.71. The van der Waals surface area contributed by atoms with Gasteiger partial charge in [-0.05, 0) is 41.8 Å². The number of carbonyl (C=O) groups is 1. The number of carbonyl (C=O) groups excluding carboxylic acids is 1. The van der Waals surface area contributed by atoms with Crippen LogP contribution in [0.15, 0.2) is 10.5 Å². The minimum Gasteiger partial charge on any atom is -0.378 e. The van der Waals surface area contributed by atoms with E-state index < -0.39 is 0 Å². The van der Waals surface area contributed by atoms with Crippen LogP contribution in [0.1, 0.15) is 41.7 Å². The smallest absolute Gasteiger partial charge is 0.163 e. The lowest BCUT2D eigenvalue weighted by molar-refractivity contribution is 0.101. The van der Waals surface area contributed by atoms with Gasteiger partial charge in [-0.3, -0.25) is 4.79 Å². The van der Waals surface area contributed by atoms with Gasteiger partial charge in [0.25, 0.3) is 0 Å². The summed E-state index contributed by atoms with van der Waals surface area (Å²) in [4.78, 5) is 18.8. The van der Waals surface area contributed by atoms with Crippen molar-refractivity contribution in [2.24, 2.45) is 0 Å². The number of Topliss-reactive ketones (excluding diaryl/α,β-unsaturated/α-hetero) is 1. The minimum atomic E-state index is 0.0667. The number of morpholine rings is 1. The van der Waals surface area contributed by atoms with E-state index in [-0.39, 0.29) is 5.78 Å². The highest BCUT2D eigenvalue weighted by Crippen LogP contribution is 2.43. The molecule has 0 aromatic carbocycles. The summed E-state index contributed by atoms with van der Waals surface area (Å²) in [5.74, 6) is 1.47. The van der Waals surface area contributed by atoms with E-state index in [4.69, 9.17) is 9.72 Å². The van der Waals surface area contributed by atoms with E-state index in [9.17, 15) is 4.79 Å². The fraction of sp³-hybridized carbons (Fsp3) is 0.571. The summed E-state index contributed by atoms with van der Waals surface area (Å²) in [6.07, 6.45) is 2.40. The van der Waals surface area contributed by atoms with Crippen LogP contribution in [-0.4, -0.2) is 37.1 Å². The molecule has 1 aromatic rings. The van der Waals surface area contributed by atoms with Gasteiger partial charge in [-0.2, -0.15) is 0 Å². The Balaban J connectivity index is 2.02. The molecule has 1 aromatic heterocycles. The van der Waals surface area contributed by atoms with Crippen LogP contribution in [0, 0.1) is 0 Å². The lowest BCUT2D eigenvalue weighted by Crippen LogP contribution is -2.37. The van der Waals surface area contributed by atoms with Gasteiger partial charge in [-0.25, -0.2) is 4.98 Å². The van der Waals surface area contributed by atoms with Crippen LogP contribution in [0.5, 0.6) is 0 Å². The lowest BCUT2D eigenvalue weighted by Gasteiger charge is -2.29. The number of halogens is 1. The highest BCUT2D eigenvalue weighted by Gasteiger charge is 2.30. The van der Waals surface area contributed by atoms with Gasteiger partial charge in [0.1, 0.15) is 5.82 Å². The van der Waals surface area contributed by atoms with Crippen LogP contribution >= 0.6 is 15.9 Å². The first-order chi connectivity index (χ1) is 9.16. The predicted octanol–water partition coefficient (Wildman–Crippen LogP) is 2.76. The highest BCUT2D eigenvalue weighted by molar-refractivity contribution is 9.10. The molecular formula is C14H17BrN2O2. The Kier molecular flexibility index (Phi) is 3.58. The van der Waals surface area contributed by atoms with E-state index >= 15 is 0 Å². The van der Waals surface area contributed by atoms with Crippen molar-refractivity contribution in [2.45, 2.75) is 25.7 Å². The van der Waals surface area contributed by atoms with Crippen molar-refractivity contribution in [3.05, 3.63) is 21.8 Å². The molecule has 0 bridgehead atoms. The Morgan fingerprint density at radius 3 is 2.68 bits per heavy atom. The van der Waals surface area contributed by atoms with E-state index in [0.717, 1.165) is 29.1 Å². The van der Waals surface area contributed by atoms with E-state index in [1.54, 1.807) is 6.92 Å². The number of rotatable bonds is 3. The molecule has 1 aliphatic heterocycles. The van der Waals surface area contributed by atoms with Crippen LogP contribution in [-0.2, 0) is 4.74 Å². The third-order valence-corrected chi connectivity index (χ3v) is 4.27. The zero-order valence-electron chi connectivity index (χ0n) is 11.0. The molecule has 1 saturated heterocycles. The van der Waals surface area contributed by atoms with E-state index in [1.807, 2.05) is 6.07 Å². The number of nitrogens with zero attached hydrogens (tertiary/aromatic N) is 2. The summed E-state index contributed by atoms with van der Waals surface area (Å²) in [5.41, 5.74) is 1.81. The van der Waals surface area contributed by atoms with Gasteiger partial charge in [-0.15, -0.1) is 0 Å². The van der Waals surface area contributed by atoms with Gasteiger partial charge in [0, 0.05) is 23.5 Å². The van der Waals surface area contributed by atoms with E-state index in [0.29, 0.717) is 24.7 Å². The zero-order valence-corrected chi connectivity index (χ0v) is 12.6. The molecule has 2 heterocycles. The Bertz CT molecular complexity index is 508. The molecule has 1 saturated carbocycles. The van der Waals surface area contributed by atoms with Gasteiger partial charge >= 0.3 is 0 Å². The molecule has 19 heavy (non-hydrogen) atoms. The maximum Gasteiger partial charge on any atom is 0.163 e. The summed E-state index contributed by atoms with van der Waals surface area (Å²) in [6, 6.07) is 1.94. The summed E-state index contributed by atoms with van der Waals surface area (Å²) in [6.45, 7) is 4.62. The van der Waals surface area contributed by atoms with Crippen LogP contribution in [0.2, 0.25) is 0 Å². The molecular weight excluding hydrogens is 308 g/mol. The van der Waals surface area contributed by atoms with Gasteiger partial charge in [0.15, 0.2) is 5.78 Å². The fourth-order valence-electron chi connectivity index (χ4n) is 2.41. The molecule has 0 spiro atoms. The van der Waals surface area contributed by atoms with Crippen LogP contribution in [0.4, 0.5) is 5.82 Å². The number of ether oxygens (including phenoxy) is 1. The summed E-state index contributed by atoms with van der Waals surface area (Å²) < 4.78 is 6.34. The summed E-state index contributed by atoms with van der Waals surface area (Å²) >= 11 is 3.56. The fourth-order valence-corrected chi connectivity index (χ4v) is 3.05. The average molecular weight is 325 g/mol. The Labute approximate surface area is 121 Å². The Morgan fingerprint density at radius 1 is 1.42 bits per heavy atom. The number of pyridine rings is 1. The van der Waals surface area contributed by atoms with E-state index in [2.05, 4.69) is 20.8 Å². The van der Waals surface area contributed by atoms with Gasteiger partial charge in [0.2, 0.25) is 0 Å². The standard InChI is InChI=1S/C14H17BrN2O2/c1-9(18)11-8-12(15)13(10-2-3-10)16-14(11)17-4-6-19-7-5-17/h8,10H,2-7H2,1H3. The minimum absolute atomic E-state index is 0.0667. The number of aromatic nitrogens is 1. The van der Waals surface area contributed by atoms with Crippen LogP contribution < -0.4 is 4.90 Å². The molecule has 2 fully saturated rings. The number of hydrogen-bond acceptors (Lipinski definition) is 4. The van der Waals surface area contributed by atoms with Crippen molar-refractivity contribution in [3.63, 3.8) is 0 Å². The van der Waals surface area contributed by atoms with E-state index in [1.165, 1.54) is 12.8 Å². The van der Waals surface area contributed by atoms with Crippen molar-refractivity contribution in [1.82, 2.24) is 4.98 Å². The molecule has 0 amide bonds. The van der Waals surface area contributed by atoms with Gasteiger partial charge < -0.3 is 9.64 Å². The largest absolute Gasteiger partial charge is 0.378 e. The molecule has 0 unspecified atom stereocenters. The van der Waals surface area contributed by atoms with Crippen LogP contribution in [0.3, 0.4) is 0 Å². The third-order valence-electron chi connectivity index (χ3n) is 3.64. The molecule has 102 valence electrons. The molecule has 5 heteroatoms. The second kappa shape index (κ2) is 5.21. The first-order valence-corrected chi connectivity index (χ1v) is 7.50. The van der Waals surface area contributed by atoms with Crippen molar-refractivity contribution in [1.29, 1.82) is 0 Å². The zero-order chi connectivity index (χ0) is 13.4. The molecule has 1 aliphatic carbocycles. The summed E-state index contributed by atoms with van der Waals surface area (Å²) in [7, 11) is 0. The molecule has 0 N–H and O–H groups in total. The molecule has 0 radical (unpaired) electrons. The monoisotopic (exact) mass is 324 g/mol. The maximum absolute atomic E-state index is 11.8. The maximum atomic E-state index is 11.8. The van der Waals surface area contributed by atoms with Gasteiger partial charge in [-0.1, -0.05) is 0 Å². The predicted molar refractivity (Wildman–Crippen MR) is 76.9 cm³/mol. The quantitative estimate of drug-likeness (QED) is 0.802. The Morgan fingerprint density at radius 2 is 2.11 bits per heavy atom. The lowest BCUT2D eigenvalue weighted by atomic mass is 10.1. The van der Waals surface area contributed by atoms with Gasteiger partial charge in [0.05, 0.1) is 24.5 Å². The first kappa shape index (κ1) is 13.1. The number of ketones is 1. The second-order valence-corrected chi connectivity index (χ2v) is 6.01. The SMILES string of the molecule is CC(=O)c1cc(Br)c(C2CC2)nc1N1CCOCC1. The molecule has 3 rings (SSSR count). The molecule has 0 atom stereocenters. The normalized spacial score (nSPS) is 19.6. The molecule has 4 nitrogen and oxygen atoms in total. The van der Waals surface area contributed by atoms with Crippen molar-refractivity contribution in [2.75, 3.05) is 31.2 Å². The second-order valence-electron chi connectivity index (χ2n) is 5.16. The van der Waals surface area contributed by atoms with Crippen molar-refractivity contribution in [3.8, 4) is 0 Å². The van der Waals surface area contributed by atoms with Crippen molar-refractivity contribution >= 4 is 27.5 Å². The Hall–Kier alpha value is -0.940. The third kappa shape index (κ3) is 2.67. The number of anilines is 1. The topological polar surface area (TPSA) is 42.4 Å². The molecule has 2 aliphatic rings. The van der Waals surface area contributed by atoms with Crippen LogP contribution in [0.25, 0.3) is 0 Å². The summed E-state index contributed by atoms with van der Waals surface area (Å²) in [5, 5.41) is 0. The average Bonchev–Trinajstić information content (AvgIpc) is 3.23.